The second kappa shape index (κ2) is 9.10. The van der Waals surface area contributed by atoms with Gasteiger partial charge in [-0.25, -0.2) is 4.68 Å². The fraction of sp³-hybridized carbons (Fsp3) is 0.448. The van der Waals surface area contributed by atoms with Crippen molar-refractivity contribution in [1.29, 1.82) is 0 Å². The van der Waals surface area contributed by atoms with Gasteiger partial charge in [-0.1, -0.05) is 6.08 Å². The Labute approximate surface area is 218 Å². The first-order chi connectivity index (χ1) is 17.6. The molecule has 1 fully saturated rings. The summed E-state index contributed by atoms with van der Waals surface area (Å²) in [4.78, 5) is 15.8. The van der Waals surface area contributed by atoms with Crippen molar-refractivity contribution in [2.75, 3.05) is 26.9 Å². The molecule has 2 aliphatic heterocycles. The summed E-state index contributed by atoms with van der Waals surface area (Å²) in [6.07, 6.45) is 2.00. The van der Waals surface area contributed by atoms with Crippen LogP contribution >= 0.6 is 0 Å². The van der Waals surface area contributed by atoms with Gasteiger partial charge in [0.15, 0.2) is 5.69 Å². The molecule has 8 nitrogen and oxygen atoms in total. The van der Waals surface area contributed by atoms with Crippen LogP contribution in [0.5, 0.6) is 11.5 Å². The van der Waals surface area contributed by atoms with Crippen LogP contribution in [0.25, 0.3) is 28.1 Å². The van der Waals surface area contributed by atoms with Crippen molar-refractivity contribution >= 4 is 11.6 Å². The number of ether oxygens (including phenoxy) is 3. The van der Waals surface area contributed by atoms with E-state index in [1.807, 2.05) is 49.4 Å². The molecule has 0 bridgehead atoms. The summed E-state index contributed by atoms with van der Waals surface area (Å²) in [5.74, 6) is 1.37. The van der Waals surface area contributed by atoms with E-state index in [2.05, 4.69) is 37.6 Å². The quantitative estimate of drug-likeness (QED) is 0.488. The summed E-state index contributed by atoms with van der Waals surface area (Å²) < 4.78 is 21.8. The fourth-order valence-electron chi connectivity index (χ4n) is 5.30. The molecular formula is C29H36N4O4. The van der Waals surface area contributed by atoms with Gasteiger partial charge in [0.1, 0.15) is 18.1 Å². The minimum atomic E-state index is -0.418. The molecule has 0 radical (unpaired) electrons. The van der Waals surface area contributed by atoms with Gasteiger partial charge >= 0.3 is 0 Å². The number of aromatic nitrogens is 3. The van der Waals surface area contributed by atoms with Gasteiger partial charge in [0.2, 0.25) is 0 Å². The lowest BCUT2D eigenvalue weighted by Crippen LogP contribution is -2.55. The molecule has 1 aromatic carbocycles. The molecule has 0 unspecified atom stereocenters. The topological polar surface area (TPSA) is 70.8 Å². The van der Waals surface area contributed by atoms with E-state index >= 15 is 0 Å². The van der Waals surface area contributed by atoms with Gasteiger partial charge in [-0.05, 0) is 53.7 Å². The molecular weight excluding hydrogens is 468 g/mol. The van der Waals surface area contributed by atoms with E-state index in [-0.39, 0.29) is 12.5 Å². The van der Waals surface area contributed by atoms with E-state index in [4.69, 9.17) is 19.3 Å². The number of benzene rings is 1. The number of morpholine rings is 1. The molecule has 37 heavy (non-hydrogen) atoms. The number of fused-ring (bicyclic) bond motifs is 3. The van der Waals surface area contributed by atoms with Crippen LogP contribution in [0.15, 0.2) is 24.3 Å². The predicted octanol–water partition coefficient (Wildman–Crippen LogP) is 5.21. The minimum Gasteiger partial charge on any atom is -0.496 e. The number of amides is 1. The predicted molar refractivity (Wildman–Crippen MR) is 144 cm³/mol. The molecule has 0 aliphatic carbocycles. The van der Waals surface area contributed by atoms with Crippen molar-refractivity contribution in [3.63, 3.8) is 0 Å². The average molecular weight is 505 g/mol. The molecule has 1 amide bonds. The second-order valence-electron chi connectivity index (χ2n) is 10.5. The van der Waals surface area contributed by atoms with E-state index < -0.39 is 5.54 Å². The van der Waals surface area contributed by atoms with Crippen LogP contribution in [-0.2, 0) is 18.4 Å². The van der Waals surface area contributed by atoms with Crippen LogP contribution < -0.4 is 9.47 Å². The largest absolute Gasteiger partial charge is 0.496 e. The lowest BCUT2D eigenvalue weighted by atomic mass is 9.95. The number of carbonyl (C=O) groups excluding carboxylic acids is 1. The maximum Gasteiger partial charge on any atom is 0.275 e. The summed E-state index contributed by atoms with van der Waals surface area (Å²) in [5.41, 5.74) is 7.94. The first-order valence-electron chi connectivity index (χ1n) is 12.7. The number of nitrogens with zero attached hydrogens (tertiary/aromatic N) is 4. The van der Waals surface area contributed by atoms with Crippen molar-refractivity contribution in [2.24, 2.45) is 7.05 Å². The van der Waals surface area contributed by atoms with Gasteiger partial charge < -0.3 is 23.7 Å². The number of carbonyl (C=O) groups is 1. The summed E-state index contributed by atoms with van der Waals surface area (Å²) >= 11 is 0. The van der Waals surface area contributed by atoms with Gasteiger partial charge in [-0.3, -0.25) is 4.79 Å². The number of hydrogen-bond acceptors (Lipinski definition) is 5. The van der Waals surface area contributed by atoms with Gasteiger partial charge in [-0.15, -0.1) is 0 Å². The summed E-state index contributed by atoms with van der Waals surface area (Å²) in [6.45, 7) is 14.0. The second-order valence-corrected chi connectivity index (χ2v) is 10.5. The van der Waals surface area contributed by atoms with Gasteiger partial charge in [0.05, 0.1) is 31.6 Å². The third kappa shape index (κ3) is 3.94. The average Bonchev–Trinajstić information content (AvgIpc) is 3.40. The minimum absolute atomic E-state index is 0.0949. The Hall–Kier alpha value is -3.52. The third-order valence-electron chi connectivity index (χ3n) is 7.82. The number of methoxy groups -OCH3 is 1. The van der Waals surface area contributed by atoms with Gasteiger partial charge in [0, 0.05) is 59.0 Å². The number of rotatable bonds is 4. The Morgan fingerprint density at radius 3 is 2.54 bits per heavy atom. The molecule has 8 heteroatoms. The molecule has 0 N–H and O–H groups in total. The normalized spacial score (nSPS) is 16.8. The Kier molecular flexibility index (Phi) is 6.18. The van der Waals surface area contributed by atoms with E-state index in [0.29, 0.717) is 31.2 Å². The smallest absolute Gasteiger partial charge is 0.275 e. The molecule has 1 saturated heterocycles. The number of hydrogen-bond donors (Lipinski definition) is 0. The van der Waals surface area contributed by atoms with Crippen LogP contribution in [0.1, 0.15) is 55.1 Å². The first kappa shape index (κ1) is 25.1. The van der Waals surface area contributed by atoms with Crippen molar-refractivity contribution < 1.29 is 19.0 Å². The lowest BCUT2D eigenvalue weighted by Gasteiger charge is -2.41. The third-order valence-corrected chi connectivity index (χ3v) is 7.82. The summed E-state index contributed by atoms with van der Waals surface area (Å²) in [5, 5.41) is 4.88. The Morgan fingerprint density at radius 1 is 1.16 bits per heavy atom. The molecule has 3 aromatic rings. The standard InChI is InChI=1S/C29H36N4O4/c1-9-17(2)33-27-22-13-21(20-12-18(3)31(7)19(20)4)24(35-8)14-25(22)37-15-23(27)26(30-33)28(34)32-10-11-36-16-29(32,5)6/h9,12-14H,10-11,15-16H2,1-8H3/b17-9+. The van der Waals surface area contributed by atoms with Crippen LogP contribution in [-0.4, -0.2) is 57.6 Å². The molecule has 0 spiro atoms. The van der Waals surface area contributed by atoms with Crippen molar-refractivity contribution in [3.05, 3.63) is 46.9 Å². The lowest BCUT2D eigenvalue weighted by molar-refractivity contribution is -0.0374. The Bertz CT molecular complexity index is 1430. The van der Waals surface area contributed by atoms with Gasteiger partial charge in [-0.2, -0.15) is 5.10 Å². The zero-order valence-electron chi connectivity index (χ0n) is 23.1. The molecule has 2 aromatic heterocycles. The molecule has 2 aliphatic rings. The number of aryl methyl sites for hydroxylation is 1. The molecule has 0 saturated carbocycles. The SMILES string of the molecule is C/C=C(\C)n1nc(C(=O)N2CCOCC2(C)C)c2c1-c1cc(-c3cc(C)n(C)c3C)c(OC)cc1OC2. The Morgan fingerprint density at radius 2 is 1.92 bits per heavy atom. The highest BCUT2D eigenvalue weighted by atomic mass is 16.5. The highest BCUT2D eigenvalue weighted by Crippen LogP contribution is 2.47. The van der Waals surface area contributed by atoms with E-state index in [0.717, 1.165) is 45.1 Å². The first-order valence-corrected chi connectivity index (χ1v) is 12.7. The number of allylic oxidation sites excluding steroid dienone is 2. The van der Waals surface area contributed by atoms with Crippen molar-refractivity contribution in [3.8, 4) is 33.9 Å². The molecule has 5 rings (SSSR count). The zero-order chi connectivity index (χ0) is 26.6. The van der Waals surface area contributed by atoms with Crippen LogP contribution in [0.4, 0.5) is 0 Å². The molecule has 196 valence electrons. The molecule has 4 heterocycles. The summed E-state index contributed by atoms with van der Waals surface area (Å²) in [7, 11) is 3.75. The van der Waals surface area contributed by atoms with Crippen molar-refractivity contribution in [1.82, 2.24) is 19.2 Å². The van der Waals surface area contributed by atoms with E-state index in [1.165, 1.54) is 5.69 Å². The monoisotopic (exact) mass is 504 g/mol. The van der Waals surface area contributed by atoms with Crippen LogP contribution in [0.2, 0.25) is 0 Å². The highest BCUT2D eigenvalue weighted by molar-refractivity contribution is 5.98. The Balaban J connectivity index is 1.72. The van der Waals surface area contributed by atoms with E-state index in [1.54, 1.807) is 7.11 Å². The maximum absolute atomic E-state index is 13.9. The summed E-state index contributed by atoms with van der Waals surface area (Å²) in [6, 6.07) is 6.24. The zero-order valence-corrected chi connectivity index (χ0v) is 23.1. The fourth-order valence-corrected chi connectivity index (χ4v) is 5.30. The molecule has 0 atom stereocenters. The van der Waals surface area contributed by atoms with Crippen molar-refractivity contribution in [2.45, 2.75) is 53.7 Å². The van der Waals surface area contributed by atoms with E-state index in [9.17, 15) is 4.79 Å². The maximum atomic E-state index is 13.9. The highest BCUT2D eigenvalue weighted by Gasteiger charge is 2.39. The van der Waals surface area contributed by atoms with Crippen LogP contribution in [0.3, 0.4) is 0 Å². The van der Waals surface area contributed by atoms with Crippen LogP contribution in [0, 0.1) is 13.8 Å². The van der Waals surface area contributed by atoms with Gasteiger partial charge in [0.25, 0.3) is 5.91 Å².